The number of pyridine rings is 1. The van der Waals surface area contributed by atoms with Crippen LogP contribution < -0.4 is 5.32 Å². The lowest BCUT2D eigenvalue weighted by Gasteiger charge is -2.33. The molecule has 0 aliphatic heterocycles. The lowest BCUT2D eigenvalue weighted by molar-refractivity contribution is 0.221. The summed E-state index contributed by atoms with van der Waals surface area (Å²) in [6.45, 7) is 0. The van der Waals surface area contributed by atoms with Crippen LogP contribution in [0.3, 0.4) is 0 Å². The average Bonchev–Trinajstić information content (AvgIpc) is 3.22. The third-order valence-electron chi connectivity index (χ3n) is 6.14. The fourth-order valence-electron chi connectivity index (χ4n) is 4.38. The van der Waals surface area contributed by atoms with E-state index in [9.17, 15) is 0 Å². The van der Waals surface area contributed by atoms with Crippen LogP contribution in [0.5, 0.6) is 0 Å². The number of nitrogens with one attached hydrogen (secondary N) is 2. The monoisotopic (exact) mass is 386 g/mol. The topological polar surface area (TPSA) is 69.7 Å². The summed E-state index contributed by atoms with van der Waals surface area (Å²) in [5.74, 6) is 0.931. The molecule has 0 radical (unpaired) electrons. The molecule has 29 heavy (non-hydrogen) atoms. The molecule has 1 aromatic carbocycles. The van der Waals surface area contributed by atoms with Crippen LogP contribution in [0.2, 0.25) is 0 Å². The summed E-state index contributed by atoms with van der Waals surface area (Å²) in [7, 11) is 4.36. The molecule has 1 fully saturated rings. The van der Waals surface area contributed by atoms with Crippen LogP contribution >= 0.6 is 0 Å². The number of hydrogen-bond donors (Lipinski definition) is 2. The SMILES string of the molecule is CN(C)C1CCC(Nc2ncnc3ccc(-c4cnc5[nH]ccc5c4)cc23)CC1. The van der Waals surface area contributed by atoms with E-state index in [-0.39, 0.29) is 0 Å². The van der Waals surface area contributed by atoms with Crippen LogP contribution in [0.4, 0.5) is 5.82 Å². The second kappa shape index (κ2) is 7.44. The summed E-state index contributed by atoms with van der Waals surface area (Å²) in [6, 6.07) is 11.7. The van der Waals surface area contributed by atoms with Crippen LogP contribution in [-0.4, -0.2) is 51.0 Å². The first kappa shape index (κ1) is 18.1. The second-order valence-corrected chi connectivity index (χ2v) is 8.21. The number of fused-ring (bicyclic) bond motifs is 2. The Morgan fingerprint density at radius 3 is 2.66 bits per heavy atom. The summed E-state index contributed by atoms with van der Waals surface area (Å²) >= 11 is 0. The number of anilines is 1. The fourth-order valence-corrected chi connectivity index (χ4v) is 4.38. The van der Waals surface area contributed by atoms with Gasteiger partial charge in [-0.3, -0.25) is 0 Å². The van der Waals surface area contributed by atoms with Crippen LogP contribution in [0.1, 0.15) is 25.7 Å². The highest BCUT2D eigenvalue weighted by Crippen LogP contribution is 2.30. The van der Waals surface area contributed by atoms with Gasteiger partial charge in [0.1, 0.15) is 17.8 Å². The number of hydrogen-bond acceptors (Lipinski definition) is 5. The predicted molar refractivity (Wildman–Crippen MR) is 118 cm³/mol. The molecular formula is C23H26N6. The molecule has 0 amide bonds. The molecule has 1 saturated carbocycles. The van der Waals surface area contributed by atoms with Gasteiger partial charge in [-0.2, -0.15) is 0 Å². The van der Waals surface area contributed by atoms with Gasteiger partial charge < -0.3 is 15.2 Å². The summed E-state index contributed by atoms with van der Waals surface area (Å²) < 4.78 is 0. The maximum atomic E-state index is 4.58. The first-order valence-electron chi connectivity index (χ1n) is 10.3. The Morgan fingerprint density at radius 1 is 0.966 bits per heavy atom. The highest BCUT2D eigenvalue weighted by Gasteiger charge is 2.23. The van der Waals surface area contributed by atoms with E-state index in [2.05, 4.69) is 68.5 Å². The molecule has 0 saturated heterocycles. The van der Waals surface area contributed by atoms with Gasteiger partial charge in [0.15, 0.2) is 0 Å². The van der Waals surface area contributed by atoms with Crippen molar-refractivity contribution in [3.8, 4) is 11.1 Å². The standard InChI is InChI=1S/C23H26N6/c1-29(2)19-6-4-18(5-7-19)28-23-20-12-15(3-8-21(20)26-14-27-23)17-11-16-9-10-24-22(16)25-13-17/h3,8-14,18-19H,4-7H2,1-2H3,(H,24,25)(H,26,27,28). The van der Waals surface area contributed by atoms with Crippen molar-refractivity contribution >= 4 is 27.8 Å². The number of benzene rings is 1. The molecule has 3 aromatic heterocycles. The van der Waals surface area contributed by atoms with Crippen LogP contribution in [0.15, 0.2) is 49.1 Å². The zero-order chi connectivity index (χ0) is 19.8. The Balaban J connectivity index is 1.44. The van der Waals surface area contributed by atoms with E-state index in [1.807, 2.05) is 18.5 Å². The zero-order valence-electron chi connectivity index (χ0n) is 16.9. The Hall–Kier alpha value is -2.99. The highest BCUT2D eigenvalue weighted by atomic mass is 15.1. The molecule has 2 N–H and O–H groups in total. The predicted octanol–water partition coefficient (Wildman–Crippen LogP) is 4.46. The molecule has 4 aromatic rings. The molecule has 5 rings (SSSR count). The first-order chi connectivity index (χ1) is 14.2. The Morgan fingerprint density at radius 2 is 1.83 bits per heavy atom. The van der Waals surface area contributed by atoms with E-state index in [4.69, 9.17) is 0 Å². The molecular weight excluding hydrogens is 360 g/mol. The number of nitrogens with zero attached hydrogens (tertiary/aromatic N) is 4. The summed E-state index contributed by atoms with van der Waals surface area (Å²) in [6.07, 6.45) is 10.3. The molecule has 6 nitrogen and oxygen atoms in total. The van der Waals surface area contributed by atoms with Gasteiger partial charge in [0.2, 0.25) is 0 Å². The van der Waals surface area contributed by atoms with Gasteiger partial charge in [-0.15, -0.1) is 0 Å². The number of rotatable bonds is 4. The largest absolute Gasteiger partial charge is 0.367 e. The van der Waals surface area contributed by atoms with Crippen molar-refractivity contribution < 1.29 is 0 Å². The van der Waals surface area contributed by atoms with Gasteiger partial charge in [0.05, 0.1) is 5.52 Å². The molecule has 1 aliphatic rings. The van der Waals surface area contributed by atoms with E-state index in [0.717, 1.165) is 38.9 Å². The molecule has 0 atom stereocenters. The van der Waals surface area contributed by atoms with Crippen LogP contribution in [-0.2, 0) is 0 Å². The molecule has 0 spiro atoms. The minimum absolute atomic E-state index is 0.464. The number of aromatic nitrogens is 4. The summed E-state index contributed by atoms with van der Waals surface area (Å²) in [5.41, 5.74) is 4.10. The summed E-state index contributed by atoms with van der Waals surface area (Å²) in [5, 5.41) is 5.87. The molecule has 0 unspecified atom stereocenters. The number of H-pyrrole nitrogens is 1. The maximum absolute atomic E-state index is 4.58. The third kappa shape index (κ3) is 3.56. The minimum Gasteiger partial charge on any atom is -0.367 e. The van der Waals surface area contributed by atoms with Gasteiger partial charge in [0, 0.05) is 40.8 Å². The van der Waals surface area contributed by atoms with Gasteiger partial charge in [-0.05, 0) is 69.6 Å². The quantitative estimate of drug-likeness (QED) is 0.542. The molecule has 0 bridgehead atoms. The van der Waals surface area contributed by atoms with E-state index in [1.165, 1.54) is 25.7 Å². The van der Waals surface area contributed by atoms with Gasteiger partial charge >= 0.3 is 0 Å². The van der Waals surface area contributed by atoms with E-state index >= 15 is 0 Å². The molecule has 3 heterocycles. The molecule has 148 valence electrons. The van der Waals surface area contributed by atoms with Gasteiger partial charge in [0.25, 0.3) is 0 Å². The number of aromatic amines is 1. The van der Waals surface area contributed by atoms with Crippen molar-refractivity contribution in [1.82, 2.24) is 24.8 Å². The lowest BCUT2D eigenvalue weighted by atomic mass is 9.90. The Labute approximate surface area is 170 Å². The van der Waals surface area contributed by atoms with Crippen molar-refractivity contribution in [3.05, 3.63) is 49.1 Å². The van der Waals surface area contributed by atoms with E-state index in [0.29, 0.717) is 12.1 Å². The molecule has 1 aliphatic carbocycles. The minimum atomic E-state index is 0.464. The average molecular weight is 387 g/mol. The van der Waals surface area contributed by atoms with Crippen LogP contribution in [0, 0.1) is 0 Å². The lowest BCUT2D eigenvalue weighted by Crippen LogP contribution is -2.36. The first-order valence-corrected chi connectivity index (χ1v) is 10.3. The van der Waals surface area contributed by atoms with Crippen molar-refractivity contribution in [1.29, 1.82) is 0 Å². The molecule has 6 heteroatoms. The fraction of sp³-hybridized carbons (Fsp3) is 0.348. The highest BCUT2D eigenvalue weighted by molar-refractivity contribution is 5.93. The Bertz CT molecular complexity index is 1140. The third-order valence-corrected chi connectivity index (χ3v) is 6.14. The normalized spacial score (nSPS) is 19.8. The van der Waals surface area contributed by atoms with E-state index < -0.39 is 0 Å². The van der Waals surface area contributed by atoms with E-state index in [1.54, 1.807) is 6.33 Å². The maximum Gasteiger partial charge on any atom is 0.137 e. The van der Waals surface area contributed by atoms with Crippen molar-refractivity contribution in [3.63, 3.8) is 0 Å². The summed E-state index contributed by atoms with van der Waals surface area (Å²) in [4.78, 5) is 19.1. The Kier molecular flexibility index (Phi) is 4.64. The van der Waals surface area contributed by atoms with Crippen LogP contribution in [0.25, 0.3) is 33.1 Å². The second-order valence-electron chi connectivity index (χ2n) is 8.21. The van der Waals surface area contributed by atoms with Crippen molar-refractivity contribution in [2.75, 3.05) is 19.4 Å². The smallest absolute Gasteiger partial charge is 0.137 e. The van der Waals surface area contributed by atoms with Gasteiger partial charge in [-0.25, -0.2) is 15.0 Å². The van der Waals surface area contributed by atoms with Crippen molar-refractivity contribution in [2.24, 2.45) is 0 Å². The van der Waals surface area contributed by atoms with Gasteiger partial charge in [-0.1, -0.05) is 6.07 Å². The van der Waals surface area contributed by atoms with Crippen molar-refractivity contribution in [2.45, 2.75) is 37.8 Å². The zero-order valence-corrected chi connectivity index (χ0v) is 16.9.